The van der Waals surface area contributed by atoms with Crippen molar-refractivity contribution in [3.05, 3.63) is 73.5 Å². The lowest BCUT2D eigenvalue weighted by atomic mass is 10.1. The van der Waals surface area contributed by atoms with E-state index in [4.69, 9.17) is 5.11 Å². The molecule has 1 N–H and O–H groups in total. The Balaban J connectivity index is 2.36. The average Bonchev–Trinajstić information content (AvgIpc) is 2.46. The van der Waals surface area contributed by atoms with Crippen LogP contribution in [0.25, 0.3) is 12.2 Å². The number of halogens is 2. The average molecular weight is 366 g/mol. The second-order valence-corrected chi connectivity index (χ2v) is 5.20. The lowest BCUT2D eigenvalue weighted by Gasteiger charge is -2.02. The van der Waals surface area contributed by atoms with Gasteiger partial charge in [-0.3, -0.25) is 10.1 Å². The van der Waals surface area contributed by atoms with Gasteiger partial charge in [0.15, 0.2) is 0 Å². The Labute approximate surface area is 133 Å². The Hall–Kier alpha value is -2.54. The number of hydrogen-bond donors (Lipinski definition) is 1. The summed E-state index contributed by atoms with van der Waals surface area (Å²) in [4.78, 5) is 20.8. The van der Waals surface area contributed by atoms with Crippen molar-refractivity contribution in [2.75, 3.05) is 0 Å². The van der Waals surface area contributed by atoms with Crippen LogP contribution < -0.4 is 0 Å². The van der Waals surface area contributed by atoms with Crippen molar-refractivity contribution in [3.8, 4) is 0 Å². The standard InChI is InChI=1S/C15H9BrFNO4/c16-13-7-11(18(21)22)8-14(17)12(13)5-4-9-2-1-3-10(6-9)15(19)20/h1-8H,(H,19,20)/b5-4+. The Morgan fingerprint density at radius 3 is 2.59 bits per heavy atom. The highest BCUT2D eigenvalue weighted by Crippen LogP contribution is 2.27. The number of carbonyl (C=O) groups is 1. The topological polar surface area (TPSA) is 80.4 Å². The first-order valence-corrected chi connectivity index (χ1v) is 6.82. The summed E-state index contributed by atoms with van der Waals surface area (Å²) in [5, 5.41) is 19.6. The van der Waals surface area contributed by atoms with Crippen molar-refractivity contribution in [1.29, 1.82) is 0 Å². The Kier molecular flexibility index (Phi) is 4.67. The third-order valence-electron chi connectivity index (χ3n) is 2.85. The van der Waals surface area contributed by atoms with Gasteiger partial charge in [-0.05, 0) is 33.6 Å². The molecule has 0 aromatic heterocycles. The van der Waals surface area contributed by atoms with Crippen LogP contribution >= 0.6 is 15.9 Å². The first-order valence-electron chi connectivity index (χ1n) is 6.03. The van der Waals surface area contributed by atoms with Gasteiger partial charge in [-0.15, -0.1) is 0 Å². The van der Waals surface area contributed by atoms with Crippen molar-refractivity contribution in [3.63, 3.8) is 0 Å². The maximum atomic E-state index is 13.9. The molecule has 0 heterocycles. The van der Waals surface area contributed by atoms with E-state index >= 15 is 0 Å². The summed E-state index contributed by atoms with van der Waals surface area (Å²) in [6.45, 7) is 0. The molecule has 0 radical (unpaired) electrons. The summed E-state index contributed by atoms with van der Waals surface area (Å²) in [6, 6.07) is 8.16. The van der Waals surface area contributed by atoms with Crippen molar-refractivity contribution < 1.29 is 19.2 Å². The van der Waals surface area contributed by atoms with Crippen LogP contribution in [0.3, 0.4) is 0 Å². The quantitative estimate of drug-likeness (QED) is 0.495. The van der Waals surface area contributed by atoms with Gasteiger partial charge in [0.25, 0.3) is 5.69 Å². The van der Waals surface area contributed by atoms with Crippen molar-refractivity contribution in [2.24, 2.45) is 0 Å². The van der Waals surface area contributed by atoms with Crippen LogP contribution in [0, 0.1) is 15.9 Å². The van der Waals surface area contributed by atoms with E-state index in [1.165, 1.54) is 30.4 Å². The van der Waals surface area contributed by atoms with E-state index in [9.17, 15) is 19.3 Å². The molecule has 0 bridgehead atoms. The molecule has 2 aromatic carbocycles. The largest absolute Gasteiger partial charge is 0.478 e. The first-order chi connectivity index (χ1) is 10.4. The SMILES string of the molecule is O=C(O)c1cccc(/C=C/c2c(F)cc([N+](=O)[O-])cc2Br)c1. The van der Waals surface area contributed by atoms with E-state index in [-0.39, 0.29) is 21.3 Å². The van der Waals surface area contributed by atoms with Crippen LogP contribution in [-0.4, -0.2) is 16.0 Å². The zero-order chi connectivity index (χ0) is 16.3. The first kappa shape index (κ1) is 15.8. The van der Waals surface area contributed by atoms with Crippen molar-refractivity contribution in [1.82, 2.24) is 0 Å². The minimum Gasteiger partial charge on any atom is -0.478 e. The van der Waals surface area contributed by atoms with Gasteiger partial charge in [0, 0.05) is 16.1 Å². The minimum atomic E-state index is -1.06. The third-order valence-corrected chi connectivity index (χ3v) is 3.51. The number of aromatic carboxylic acids is 1. The van der Waals surface area contributed by atoms with Crippen LogP contribution in [0.5, 0.6) is 0 Å². The highest BCUT2D eigenvalue weighted by molar-refractivity contribution is 9.10. The monoisotopic (exact) mass is 365 g/mol. The third kappa shape index (κ3) is 3.56. The van der Waals surface area contributed by atoms with E-state index in [0.29, 0.717) is 5.56 Å². The summed E-state index contributed by atoms with van der Waals surface area (Å²) >= 11 is 3.09. The molecular formula is C15H9BrFNO4. The van der Waals surface area contributed by atoms with E-state index in [2.05, 4.69) is 15.9 Å². The second kappa shape index (κ2) is 6.48. The molecule has 22 heavy (non-hydrogen) atoms. The molecule has 0 saturated carbocycles. The Morgan fingerprint density at radius 1 is 1.27 bits per heavy atom. The van der Waals surface area contributed by atoms with Crippen LogP contribution in [-0.2, 0) is 0 Å². The van der Waals surface area contributed by atoms with Crippen LogP contribution in [0.4, 0.5) is 10.1 Å². The fourth-order valence-corrected chi connectivity index (χ4v) is 2.35. The number of carboxylic acids is 1. The van der Waals surface area contributed by atoms with Gasteiger partial charge in [-0.2, -0.15) is 0 Å². The molecule has 7 heteroatoms. The maximum absolute atomic E-state index is 13.9. The molecule has 0 aliphatic heterocycles. The Morgan fingerprint density at radius 2 is 2.00 bits per heavy atom. The van der Waals surface area contributed by atoms with Gasteiger partial charge < -0.3 is 5.11 Å². The van der Waals surface area contributed by atoms with E-state index in [0.717, 1.165) is 6.07 Å². The smallest absolute Gasteiger partial charge is 0.335 e. The highest BCUT2D eigenvalue weighted by Gasteiger charge is 2.13. The number of carboxylic acid groups (broad SMARTS) is 1. The van der Waals surface area contributed by atoms with E-state index < -0.39 is 16.7 Å². The molecule has 0 aliphatic carbocycles. The molecule has 2 aromatic rings. The number of non-ortho nitro benzene ring substituents is 1. The van der Waals surface area contributed by atoms with Crippen molar-refractivity contribution in [2.45, 2.75) is 0 Å². The normalized spacial score (nSPS) is 10.8. The zero-order valence-corrected chi connectivity index (χ0v) is 12.6. The summed E-state index contributed by atoms with van der Waals surface area (Å²) in [7, 11) is 0. The number of hydrogen-bond acceptors (Lipinski definition) is 3. The van der Waals surface area contributed by atoms with Gasteiger partial charge in [-0.25, -0.2) is 9.18 Å². The molecule has 0 saturated heterocycles. The summed E-state index contributed by atoms with van der Waals surface area (Å²) in [5.41, 5.74) is 0.482. The molecule has 5 nitrogen and oxygen atoms in total. The van der Waals surface area contributed by atoms with Crippen LogP contribution in [0.15, 0.2) is 40.9 Å². The van der Waals surface area contributed by atoms with E-state index in [1.54, 1.807) is 12.1 Å². The van der Waals surface area contributed by atoms with Gasteiger partial charge in [-0.1, -0.05) is 24.3 Å². The maximum Gasteiger partial charge on any atom is 0.335 e. The molecule has 112 valence electrons. The highest BCUT2D eigenvalue weighted by atomic mass is 79.9. The molecule has 0 atom stereocenters. The number of rotatable bonds is 4. The van der Waals surface area contributed by atoms with Gasteiger partial charge in [0.2, 0.25) is 0 Å². The van der Waals surface area contributed by atoms with Gasteiger partial charge >= 0.3 is 5.97 Å². The molecule has 0 aliphatic rings. The number of nitro groups is 1. The predicted molar refractivity (Wildman–Crippen MR) is 83.1 cm³/mol. The number of nitro benzene ring substituents is 1. The Bertz CT molecular complexity index is 766. The molecule has 0 amide bonds. The molecule has 2 rings (SSSR count). The van der Waals surface area contributed by atoms with E-state index in [1.807, 2.05) is 0 Å². The molecule has 0 spiro atoms. The second-order valence-electron chi connectivity index (χ2n) is 4.34. The fourth-order valence-electron chi connectivity index (χ4n) is 1.79. The summed E-state index contributed by atoms with van der Waals surface area (Å²) < 4.78 is 14.1. The summed E-state index contributed by atoms with van der Waals surface area (Å²) in [5.74, 6) is -1.80. The van der Waals surface area contributed by atoms with Crippen LogP contribution in [0.1, 0.15) is 21.5 Å². The fraction of sp³-hybridized carbons (Fsp3) is 0. The van der Waals surface area contributed by atoms with Crippen molar-refractivity contribution >= 4 is 39.7 Å². The predicted octanol–water partition coefficient (Wildman–Crippen LogP) is 4.37. The van der Waals surface area contributed by atoms with Gasteiger partial charge in [0.1, 0.15) is 5.82 Å². The number of nitrogens with zero attached hydrogens (tertiary/aromatic N) is 1. The lowest BCUT2D eigenvalue weighted by molar-refractivity contribution is -0.385. The molecule has 0 fully saturated rings. The lowest BCUT2D eigenvalue weighted by Crippen LogP contribution is -1.95. The minimum absolute atomic E-state index is 0.116. The van der Waals surface area contributed by atoms with Crippen LogP contribution in [0.2, 0.25) is 0 Å². The van der Waals surface area contributed by atoms with Gasteiger partial charge in [0.05, 0.1) is 16.6 Å². The zero-order valence-electron chi connectivity index (χ0n) is 11.0. The summed E-state index contributed by atoms with van der Waals surface area (Å²) in [6.07, 6.45) is 2.95. The molecule has 0 unspecified atom stereocenters. The molecular weight excluding hydrogens is 357 g/mol. The number of benzene rings is 2.